The Morgan fingerprint density at radius 2 is 1.34 bits per heavy atom. The highest BCUT2D eigenvalue weighted by atomic mass is 15.2. The molecule has 6 aromatic carbocycles. The quantitative estimate of drug-likeness (QED) is 0.165. The Kier molecular flexibility index (Phi) is 9.81. The first kappa shape index (κ1) is 39.8. The SMILES string of the molecule is C1=CCCC(C2=NC(C3=NC(n4c5ccccc5c5c6c(ccc54)c4ccccc4n6-c4cccc(C5N=C(c6ccccc6)C=C(c6ccccc6)N5)n4)CC=C3)=NC(c3ccccc3)C2)=C1. The van der Waals surface area contributed by atoms with E-state index in [1.165, 1.54) is 32.7 Å². The lowest BCUT2D eigenvalue weighted by Crippen LogP contribution is -2.25. The molecule has 0 fully saturated rings. The summed E-state index contributed by atoms with van der Waals surface area (Å²) in [5.41, 5.74) is 13.7. The van der Waals surface area contributed by atoms with Crippen LogP contribution in [0.2, 0.25) is 0 Å². The van der Waals surface area contributed by atoms with E-state index in [9.17, 15) is 0 Å². The fraction of sp³-hybridized carbons (Fsp3) is 0.117. The summed E-state index contributed by atoms with van der Waals surface area (Å²) in [4.78, 5) is 27.0. The lowest BCUT2D eigenvalue weighted by Gasteiger charge is -2.25. The van der Waals surface area contributed by atoms with Crippen molar-refractivity contribution in [2.45, 2.75) is 44.1 Å². The Hall–Kier alpha value is -8.49. The van der Waals surface area contributed by atoms with Gasteiger partial charge in [-0.05, 0) is 77.6 Å². The van der Waals surface area contributed by atoms with Gasteiger partial charge in [-0.15, -0.1) is 0 Å². The number of nitrogens with one attached hydrogen (secondary N) is 1. The number of fused-ring (bicyclic) bond motifs is 7. The second-order valence-electron chi connectivity index (χ2n) is 17.8. The van der Waals surface area contributed by atoms with Crippen molar-refractivity contribution in [2.24, 2.45) is 20.0 Å². The van der Waals surface area contributed by atoms with Crippen molar-refractivity contribution in [3.8, 4) is 5.82 Å². The zero-order valence-corrected chi connectivity index (χ0v) is 37.3. The standard InChI is InChI=1S/C60H46N8/c1-5-19-39(20-6-1)48-37-49(40-21-7-2-8-22-40)64-59(63-48)46-29-17-33-55(61-46)67-53-32-16-14-28-45(53)57-54(67)36-35-44-43-27-13-15-31-52(43)68(58(44)57)56-34-18-30-47(62-56)60-65-50(41-23-9-3-10-24-41)38-51(66-60)42-25-11-4-12-26-42/h1-7,9-21,23-32,34-36,38,48,55,60,65H,8,22,33,37H2. The lowest BCUT2D eigenvalue weighted by atomic mass is 9.92. The summed E-state index contributed by atoms with van der Waals surface area (Å²) >= 11 is 0. The summed E-state index contributed by atoms with van der Waals surface area (Å²) in [5.74, 6) is 1.53. The van der Waals surface area contributed by atoms with Crippen LogP contribution in [0.25, 0.3) is 55.1 Å². The number of rotatable bonds is 8. The molecule has 4 aliphatic rings. The highest BCUT2D eigenvalue weighted by molar-refractivity contribution is 6.48. The van der Waals surface area contributed by atoms with Gasteiger partial charge in [0.2, 0.25) is 0 Å². The van der Waals surface area contributed by atoms with Crippen LogP contribution in [-0.2, 0) is 0 Å². The van der Waals surface area contributed by atoms with E-state index in [1.807, 2.05) is 12.1 Å². The number of benzene rings is 6. The van der Waals surface area contributed by atoms with Crippen molar-refractivity contribution in [1.82, 2.24) is 19.4 Å². The second-order valence-corrected chi connectivity index (χ2v) is 17.8. The van der Waals surface area contributed by atoms with Crippen LogP contribution in [0.3, 0.4) is 0 Å². The van der Waals surface area contributed by atoms with E-state index in [-0.39, 0.29) is 12.2 Å². The molecule has 0 radical (unpaired) electrons. The molecule has 3 unspecified atom stereocenters. The van der Waals surface area contributed by atoms with Crippen LogP contribution in [0, 0.1) is 0 Å². The van der Waals surface area contributed by atoms with E-state index in [4.69, 9.17) is 25.0 Å². The topological polar surface area (TPSA) is 84.2 Å². The summed E-state index contributed by atoms with van der Waals surface area (Å²) < 4.78 is 4.78. The van der Waals surface area contributed by atoms with E-state index >= 15 is 0 Å². The lowest BCUT2D eigenvalue weighted by molar-refractivity contribution is 0.561. The van der Waals surface area contributed by atoms with E-state index in [0.29, 0.717) is 5.84 Å². The Bertz CT molecular complexity index is 3710. The third kappa shape index (κ3) is 6.95. The maximum absolute atomic E-state index is 5.56. The van der Waals surface area contributed by atoms with Crippen LogP contribution in [0.1, 0.15) is 66.4 Å². The van der Waals surface area contributed by atoms with Crippen LogP contribution < -0.4 is 5.32 Å². The fourth-order valence-corrected chi connectivity index (χ4v) is 10.5. The van der Waals surface area contributed by atoms with Crippen LogP contribution in [-0.4, -0.2) is 37.1 Å². The van der Waals surface area contributed by atoms with Crippen LogP contribution in [0.15, 0.2) is 232 Å². The third-order valence-electron chi connectivity index (χ3n) is 13.7. The molecule has 13 rings (SSSR count). The van der Waals surface area contributed by atoms with Crippen molar-refractivity contribution in [1.29, 1.82) is 0 Å². The molecule has 6 heterocycles. The number of pyridine rings is 1. The van der Waals surface area contributed by atoms with Crippen molar-refractivity contribution >= 4 is 72.3 Å². The number of hydrogen-bond acceptors (Lipinski definition) is 6. The van der Waals surface area contributed by atoms with Crippen molar-refractivity contribution in [3.05, 3.63) is 234 Å². The number of para-hydroxylation sites is 2. The van der Waals surface area contributed by atoms with Gasteiger partial charge in [-0.1, -0.05) is 164 Å². The van der Waals surface area contributed by atoms with Crippen LogP contribution in [0.4, 0.5) is 0 Å². The number of aromatic nitrogens is 3. The molecule has 1 N–H and O–H groups in total. The minimum atomic E-state index is -0.416. The number of dihydropyridines is 1. The smallest absolute Gasteiger partial charge is 0.174 e. The number of amidine groups is 1. The van der Waals surface area contributed by atoms with E-state index in [0.717, 1.165) is 93.2 Å². The van der Waals surface area contributed by atoms with Gasteiger partial charge in [-0.25, -0.2) is 9.98 Å². The molecule has 0 saturated heterocycles. The minimum absolute atomic E-state index is 0.0356. The molecule has 9 aromatic rings. The van der Waals surface area contributed by atoms with Gasteiger partial charge < -0.3 is 9.88 Å². The monoisotopic (exact) mass is 878 g/mol. The maximum atomic E-state index is 5.56. The minimum Gasteiger partial charge on any atom is -0.358 e. The van der Waals surface area contributed by atoms with Gasteiger partial charge in [0, 0.05) is 45.8 Å². The molecule has 0 spiro atoms. The molecule has 3 aromatic heterocycles. The van der Waals surface area contributed by atoms with Gasteiger partial charge in [0.05, 0.1) is 39.5 Å². The highest BCUT2D eigenvalue weighted by Gasteiger charge is 2.29. The van der Waals surface area contributed by atoms with Gasteiger partial charge in [0.25, 0.3) is 0 Å². The predicted molar refractivity (Wildman–Crippen MR) is 280 cm³/mol. The first-order valence-corrected chi connectivity index (χ1v) is 23.6. The van der Waals surface area contributed by atoms with E-state index < -0.39 is 6.17 Å². The molecule has 326 valence electrons. The van der Waals surface area contributed by atoms with Gasteiger partial charge >= 0.3 is 0 Å². The summed E-state index contributed by atoms with van der Waals surface area (Å²) in [6, 6.07) is 59.8. The Balaban J connectivity index is 0.959. The number of allylic oxidation sites excluding steroid dienone is 5. The van der Waals surface area contributed by atoms with Gasteiger partial charge in [-0.2, -0.15) is 0 Å². The molecule has 1 aliphatic carbocycles. The Morgan fingerprint density at radius 1 is 0.588 bits per heavy atom. The van der Waals surface area contributed by atoms with E-state index in [2.05, 4.69) is 209 Å². The van der Waals surface area contributed by atoms with Crippen LogP contribution in [0.5, 0.6) is 0 Å². The Labute approximate surface area is 394 Å². The molecule has 0 amide bonds. The summed E-state index contributed by atoms with van der Waals surface area (Å²) in [5, 5.41) is 8.41. The summed E-state index contributed by atoms with van der Waals surface area (Å²) in [6.45, 7) is 0. The van der Waals surface area contributed by atoms with Crippen LogP contribution >= 0.6 is 0 Å². The molecule has 0 bridgehead atoms. The molecule has 8 nitrogen and oxygen atoms in total. The van der Waals surface area contributed by atoms with Crippen molar-refractivity contribution in [2.75, 3.05) is 0 Å². The van der Waals surface area contributed by atoms with Crippen molar-refractivity contribution in [3.63, 3.8) is 0 Å². The number of aliphatic imine (C=N–C) groups is 4. The average molecular weight is 879 g/mol. The molecule has 3 atom stereocenters. The van der Waals surface area contributed by atoms with E-state index in [1.54, 1.807) is 0 Å². The predicted octanol–water partition coefficient (Wildman–Crippen LogP) is 13.6. The first-order valence-electron chi connectivity index (χ1n) is 23.6. The highest BCUT2D eigenvalue weighted by Crippen LogP contribution is 2.43. The molecule has 68 heavy (non-hydrogen) atoms. The molecule has 0 saturated carbocycles. The number of hydrogen-bond donors (Lipinski definition) is 1. The molecule has 3 aliphatic heterocycles. The van der Waals surface area contributed by atoms with Gasteiger partial charge in [-0.3, -0.25) is 19.5 Å². The fourth-order valence-electron chi connectivity index (χ4n) is 10.5. The van der Waals surface area contributed by atoms with Gasteiger partial charge in [0.15, 0.2) is 12.0 Å². The first-order chi connectivity index (χ1) is 33.7. The second kappa shape index (κ2) is 16.7. The summed E-state index contributed by atoms with van der Waals surface area (Å²) in [7, 11) is 0. The molecular formula is C60H46N8. The average Bonchev–Trinajstić information content (AvgIpc) is 3.95. The van der Waals surface area contributed by atoms with Gasteiger partial charge in [0.1, 0.15) is 17.7 Å². The largest absolute Gasteiger partial charge is 0.358 e. The van der Waals surface area contributed by atoms with Crippen molar-refractivity contribution < 1.29 is 0 Å². The number of nitrogens with zero attached hydrogens (tertiary/aromatic N) is 7. The zero-order chi connectivity index (χ0) is 45.0. The Morgan fingerprint density at radius 3 is 2.15 bits per heavy atom. The molecule has 8 heteroatoms. The summed E-state index contributed by atoms with van der Waals surface area (Å²) in [6.07, 6.45) is 16.0. The normalized spacial score (nSPS) is 19.3. The third-order valence-corrected chi connectivity index (χ3v) is 13.7. The zero-order valence-electron chi connectivity index (χ0n) is 37.3. The molecular weight excluding hydrogens is 833 g/mol. The maximum Gasteiger partial charge on any atom is 0.174 e.